The van der Waals surface area contributed by atoms with Crippen LogP contribution in [-0.2, 0) is 10.5 Å². The standard InChI is InChI=1S/C20H24ClNO2S/c1-3-19(24-17-9-10-18(21)15(2)13-17)20(23)22-11-12-25-14-16-7-5-4-6-8-16/h4-10,13,19H,3,11-12,14H2,1-2H3,(H,22,23). The van der Waals surface area contributed by atoms with Gasteiger partial charge in [0.25, 0.3) is 5.91 Å². The molecule has 1 amide bonds. The molecule has 0 aliphatic rings. The van der Waals surface area contributed by atoms with Crippen molar-refractivity contribution < 1.29 is 9.53 Å². The maximum atomic E-state index is 12.3. The summed E-state index contributed by atoms with van der Waals surface area (Å²) in [5, 5.41) is 3.65. The lowest BCUT2D eigenvalue weighted by atomic mass is 10.2. The molecule has 25 heavy (non-hydrogen) atoms. The Bertz CT molecular complexity index is 679. The van der Waals surface area contributed by atoms with Crippen LogP contribution in [0.5, 0.6) is 5.75 Å². The minimum absolute atomic E-state index is 0.0737. The normalized spacial score (nSPS) is 11.8. The Morgan fingerprint density at radius 1 is 1.24 bits per heavy atom. The highest BCUT2D eigenvalue weighted by Gasteiger charge is 2.18. The predicted octanol–water partition coefficient (Wildman–Crippen LogP) is 4.86. The number of amides is 1. The summed E-state index contributed by atoms with van der Waals surface area (Å²) in [5.74, 6) is 2.42. The van der Waals surface area contributed by atoms with Crippen molar-refractivity contribution in [1.29, 1.82) is 0 Å². The molecule has 2 rings (SSSR count). The minimum Gasteiger partial charge on any atom is -0.481 e. The fourth-order valence-corrected chi connectivity index (χ4v) is 3.24. The number of nitrogens with one attached hydrogen (secondary N) is 1. The largest absolute Gasteiger partial charge is 0.481 e. The lowest BCUT2D eigenvalue weighted by Gasteiger charge is -2.17. The summed E-state index contributed by atoms with van der Waals surface area (Å²) in [6.45, 7) is 4.49. The Hall–Kier alpha value is -1.65. The van der Waals surface area contributed by atoms with Gasteiger partial charge >= 0.3 is 0 Å². The summed E-state index contributed by atoms with van der Waals surface area (Å²) in [7, 11) is 0. The number of ether oxygens (including phenoxy) is 1. The van der Waals surface area contributed by atoms with Crippen LogP contribution in [0.15, 0.2) is 48.5 Å². The third kappa shape index (κ3) is 6.63. The van der Waals surface area contributed by atoms with Gasteiger partial charge in [0, 0.05) is 23.1 Å². The lowest BCUT2D eigenvalue weighted by Crippen LogP contribution is -2.39. The number of carbonyl (C=O) groups is 1. The molecule has 0 radical (unpaired) electrons. The van der Waals surface area contributed by atoms with Crippen molar-refractivity contribution >= 4 is 29.3 Å². The number of aryl methyl sites for hydroxylation is 1. The minimum atomic E-state index is -0.486. The number of carbonyl (C=O) groups excluding carboxylic acids is 1. The van der Waals surface area contributed by atoms with Gasteiger partial charge in [-0.3, -0.25) is 4.79 Å². The summed E-state index contributed by atoms with van der Waals surface area (Å²) in [4.78, 5) is 12.3. The fraction of sp³-hybridized carbons (Fsp3) is 0.350. The van der Waals surface area contributed by atoms with Crippen LogP contribution in [0.3, 0.4) is 0 Å². The van der Waals surface area contributed by atoms with Gasteiger partial charge in [-0.15, -0.1) is 0 Å². The van der Waals surface area contributed by atoms with Crippen LogP contribution in [0.25, 0.3) is 0 Å². The van der Waals surface area contributed by atoms with Crippen LogP contribution in [0.2, 0.25) is 5.02 Å². The van der Waals surface area contributed by atoms with E-state index in [-0.39, 0.29) is 5.91 Å². The van der Waals surface area contributed by atoms with Crippen LogP contribution < -0.4 is 10.1 Å². The topological polar surface area (TPSA) is 38.3 Å². The summed E-state index contributed by atoms with van der Waals surface area (Å²) < 4.78 is 5.81. The van der Waals surface area contributed by atoms with E-state index in [0.717, 1.165) is 17.1 Å². The Morgan fingerprint density at radius 3 is 2.68 bits per heavy atom. The van der Waals surface area contributed by atoms with Crippen molar-refractivity contribution in [2.45, 2.75) is 32.1 Å². The molecule has 0 aliphatic heterocycles. The number of halogens is 1. The summed E-state index contributed by atoms with van der Waals surface area (Å²) >= 11 is 7.82. The van der Waals surface area contributed by atoms with E-state index in [1.165, 1.54) is 5.56 Å². The Kier molecular flexibility index (Phi) is 8.16. The second-order valence-electron chi connectivity index (χ2n) is 5.75. The first-order valence-electron chi connectivity index (χ1n) is 8.42. The third-order valence-electron chi connectivity index (χ3n) is 3.73. The van der Waals surface area contributed by atoms with E-state index < -0.39 is 6.10 Å². The predicted molar refractivity (Wildman–Crippen MR) is 107 cm³/mol. The molecule has 1 unspecified atom stereocenters. The van der Waals surface area contributed by atoms with E-state index in [0.29, 0.717) is 23.7 Å². The van der Waals surface area contributed by atoms with Crippen LogP contribution in [0.4, 0.5) is 0 Å². The molecule has 0 aromatic heterocycles. The maximum Gasteiger partial charge on any atom is 0.261 e. The molecular formula is C20H24ClNO2S. The highest BCUT2D eigenvalue weighted by Crippen LogP contribution is 2.22. The second-order valence-corrected chi connectivity index (χ2v) is 7.27. The molecule has 0 bridgehead atoms. The van der Waals surface area contributed by atoms with Crippen molar-refractivity contribution in [1.82, 2.24) is 5.32 Å². The highest BCUT2D eigenvalue weighted by atomic mass is 35.5. The van der Waals surface area contributed by atoms with Gasteiger partial charge in [0.2, 0.25) is 0 Å². The molecule has 0 heterocycles. The van der Waals surface area contributed by atoms with E-state index in [1.54, 1.807) is 23.9 Å². The average Bonchev–Trinajstić information content (AvgIpc) is 2.63. The van der Waals surface area contributed by atoms with Crippen molar-refractivity contribution in [2.75, 3.05) is 12.3 Å². The molecule has 1 N–H and O–H groups in total. The number of hydrogen-bond acceptors (Lipinski definition) is 3. The number of hydrogen-bond donors (Lipinski definition) is 1. The molecular weight excluding hydrogens is 354 g/mol. The quantitative estimate of drug-likeness (QED) is 0.634. The van der Waals surface area contributed by atoms with E-state index in [2.05, 4.69) is 17.4 Å². The molecule has 2 aromatic rings. The monoisotopic (exact) mass is 377 g/mol. The van der Waals surface area contributed by atoms with Crippen molar-refractivity contribution in [2.24, 2.45) is 0 Å². The Balaban J connectivity index is 1.73. The number of rotatable bonds is 9. The van der Waals surface area contributed by atoms with Crippen molar-refractivity contribution in [3.05, 3.63) is 64.7 Å². The van der Waals surface area contributed by atoms with Gasteiger partial charge in [-0.1, -0.05) is 48.9 Å². The molecule has 0 spiro atoms. The molecule has 0 fully saturated rings. The Morgan fingerprint density at radius 2 is 2.00 bits per heavy atom. The zero-order valence-corrected chi connectivity index (χ0v) is 16.2. The SMILES string of the molecule is CCC(Oc1ccc(Cl)c(C)c1)C(=O)NCCSCc1ccccc1. The first-order chi connectivity index (χ1) is 12.1. The van der Waals surface area contributed by atoms with Crippen LogP contribution >= 0.6 is 23.4 Å². The summed E-state index contributed by atoms with van der Waals surface area (Å²) in [5.41, 5.74) is 2.23. The van der Waals surface area contributed by atoms with Crippen LogP contribution in [-0.4, -0.2) is 24.3 Å². The van der Waals surface area contributed by atoms with Gasteiger partial charge < -0.3 is 10.1 Å². The lowest BCUT2D eigenvalue weighted by molar-refractivity contribution is -0.127. The van der Waals surface area contributed by atoms with Crippen LogP contribution in [0.1, 0.15) is 24.5 Å². The average molecular weight is 378 g/mol. The molecule has 2 aromatic carbocycles. The second kappa shape index (κ2) is 10.4. The summed E-state index contributed by atoms with van der Waals surface area (Å²) in [6.07, 6.45) is 0.129. The number of benzene rings is 2. The first-order valence-corrected chi connectivity index (χ1v) is 9.95. The van der Waals surface area contributed by atoms with E-state index in [9.17, 15) is 4.79 Å². The third-order valence-corrected chi connectivity index (χ3v) is 5.18. The molecule has 134 valence electrons. The zero-order chi connectivity index (χ0) is 18.1. The number of thioether (sulfide) groups is 1. The molecule has 3 nitrogen and oxygen atoms in total. The van der Waals surface area contributed by atoms with Crippen molar-refractivity contribution in [3.63, 3.8) is 0 Å². The van der Waals surface area contributed by atoms with E-state index in [1.807, 2.05) is 38.1 Å². The molecule has 5 heteroatoms. The van der Waals surface area contributed by atoms with Gasteiger partial charge in [0.15, 0.2) is 6.10 Å². The van der Waals surface area contributed by atoms with Crippen LogP contribution in [0, 0.1) is 6.92 Å². The molecule has 0 saturated carbocycles. The van der Waals surface area contributed by atoms with Gasteiger partial charge in [-0.25, -0.2) is 0 Å². The fourth-order valence-electron chi connectivity index (χ4n) is 2.30. The molecule has 0 saturated heterocycles. The Labute approximate surface area is 159 Å². The van der Waals surface area contributed by atoms with Crippen molar-refractivity contribution in [3.8, 4) is 5.75 Å². The van der Waals surface area contributed by atoms with E-state index >= 15 is 0 Å². The van der Waals surface area contributed by atoms with Gasteiger partial charge in [-0.2, -0.15) is 11.8 Å². The molecule has 1 atom stereocenters. The highest BCUT2D eigenvalue weighted by molar-refractivity contribution is 7.98. The zero-order valence-electron chi connectivity index (χ0n) is 14.6. The van der Waals surface area contributed by atoms with Gasteiger partial charge in [0.1, 0.15) is 5.75 Å². The van der Waals surface area contributed by atoms with Gasteiger partial charge in [0.05, 0.1) is 0 Å². The maximum absolute atomic E-state index is 12.3. The molecule has 0 aliphatic carbocycles. The van der Waals surface area contributed by atoms with E-state index in [4.69, 9.17) is 16.3 Å². The van der Waals surface area contributed by atoms with Gasteiger partial charge in [-0.05, 0) is 42.7 Å². The first kappa shape index (κ1) is 19.7. The summed E-state index contributed by atoms with van der Waals surface area (Å²) in [6, 6.07) is 15.8. The smallest absolute Gasteiger partial charge is 0.261 e.